The maximum Gasteiger partial charge on any atom is 0.135 e. The molecule has 0 N–H and O–H groups in total. The number of hydrogen-bond donors (Lipinski definition) is 0. The molecule has 0 fully saturated rings. The van der Waals surface area contributed by atoms with Crippen molar-refractivity contribution in [2.75, 3.05) is 9.80 Å². The Hall–Kier alpha value is -7.40. The molecule has 6 nitrogen and oxygen atoms in total. The Morgan fingerprint density at radius 2 is 1.32 bits per heavy atom. The van der Waals surface area contributed by atoms with Gasteiger partial charge < -0.3 is 23.8 Å². The Morgan fingerprint density at radius 3 is 2.13 bits per heavy atom. The zero-order valence-electron chi connectivity index (χ0n) is 40.9. The van der Waals surface area contributed by atoms with E-state index in [2.05, 4.69) is 163 Å². The Balaban J connectivity index is 0.00000547. The van der Waals surface area contributed by atoms with E-state index >= 15 is 0 Å². The maximum absolute atomic E-state index is 9.66. The molecule has 3 aliphatic heterocycles. The van der Waals surface area contributed by atoms with Crippen molar-refractivity contribution in [3.05, 3.63) is 212 Å². The van der Waals surface area contributed by atoms with Crippen molar-refractivity contribution in [2.24, 2.45) is 5.92 Å². The van der Waals surface area contributed by atoms with E-state index < -0.39 is 6.37 Å². The summed E-state index contributed by atoms with van der Waals surface area (Å²) in [4.78, 5) is 9.67. The number of anilines is 4. The number of benzene rings is 8. The number of aromatic nitrogens is 2. The second-order valence-electron chi connectivity index (χ2n) is 18.8. The fraction of sp³-hybridized carbons (Fsp3) is 0.129. The fourth-order valence-electron chi connectivity index (χ4n) is 9.65. The van der Waals surface area contributed by atoms with Crippen LogP contribution in [0.3, 0.4) is 0 Å². The van der Waals surface area contributed by atoms with Gasteiger partial charge in [-0.25, -0.2) is 4.98 Å². The van der Waals surface area contributed by atoms with Gasteiger partial charge in [0.1, 0.15) is 17.3 Å². The molecule has 10 bridgehead atoms. The van der Waals surface area contributed by atoms with Crippen LogP contribution in [-0.2, 0) is 32.9 Å². The molecule has 0 spiro atoms. The van der Waals surface area contributed by atoms with E-state index in [0.717, 1.165) is 77.9 Å². The van der Waals surface area contributed by atoms with Gasteiger partial charge in [-0.2, -0.15) is 6.07 Å². The van der Waals surface area contributed by atoms with E-state index in [1.807, 2.05) is 80.6 Å². The molecule has 0 aliphatic carbocycles. The molecule has 342 valence electrons. The molecule has 7 heteroatoms. The molecule has 0 radical (unpaired) electrons. The number of nitrogens with zero attached hydrogens (tertiary/aromatic N) is 4. The molecule has 2 aromatic heterocycles. The number of rotatable bonds is 3. The number of pyridine rings is 1. The first-order valence-corrected chi connectivity index (χ1v) is 23.2. The zero-order valence-corrected chi connectivity index (χ0v) is 41.2. The minimum Gasteiger partial charge on any atom is -0.509 e. The summed E-state index contributed by atoms with van der Waals surface area (Å²) in [5.41, 5.74) is 12.4. The maximum atomic E-state index is 9.66. The van der Waals surface area contributed by atoms with Crippen LogP contribution >= 0.6 is 0 Å². The van der Waals surface area contributed by atoms with Crippen molar-refractivity contribution >= 4 is 44.6 Å². The molecule has 0 amide bonds. The predicted molar refractivity (Wildman–Crippen MR) is 278 cm³/mol. The molecular weight excluding hydrogens is 1030 g/mol. The van der Waals surface area contributed by atoms with E-state index in [4.69, 9.17) is 14.5 Å². The summed E-state index contributed by atoms with van der Waals surface area (Å²) in [6, 6.07) is 67.4. The summed E-state index contributed by atoms with van der Waals surface area (Å²) in [7, 11) is 0. The van der Waals surface area contributed by atoms with E-state index in [1.54, 1.807) is 6.20 Å². The van der Waals surface area contributed by atoms with Crippen LogP contribution in [0.25, 0.3) is 61.0 Å². The smallest absolute Gasteiger partial charge is 0.135 e. The largest absolute Gasteiger partial charge is 0.509 e. The molecule has 13 rings (SSSR count). The van der Waals surface area contributed by atoms with E-state index in [0.29, 0.717) is 39.9 Å². The Kier molecular flexibility index (Phi) is 10.6. The van der Waals surface area contributed by atoms with Crippen LogP contribution in [0, 0.1) is 24.7 Å². The van der Waals surface area contributed by atoms with Gasteiger partial charge in [-0.05, 0) is 82.2 Å². The van der Waals surface area contributed by atoms with Crippen molar-refractivity contribution in [3.63, 3.8) is 0 Å². The van der Waals surface area contributed by atoms with Crippen LogP contribution in [0.4, 0.5) is 22.7 Å². The third kappa shape index (κ3) is 7.97. The first-order valence-electron chi connectivity index (χ1n) is 24.2. The van der Waals surface area contributed by atoms with Gasteiger partial charge in [0.25, 0.3) is 0 Å². The van der Waals surface area contributed by atoms with Crippen LogP contribution < -0.4 is 19.3 Å². The average molecular weight is 1080 g/mol. The first-order chi connectivity index (χ1) is 33.9. The van der Waals surface area contributed by atoms with Crippen LogP contribution in [-0.4, -0.2) is 9.55 Å². The number of fused-ring (bicyclic) bond motifs is 5. The Labute approximate surface area is 421 Å². The fourth-order valence-corrected chi connectivity index (χ4v) is 9.65. The Morgan fingerprint density at radius 1 is 0.623 bits per heavy atom. The molecule has 8 aromatic carbocycles. The summed E-state index contributed by atoms with van der Waals surface area (Å²) in [6.45, 7) is 12.6. The molecule has 69 heavy (non-hydrogen) atoms. The van der Waals surface area contributed by atoms with E-state index in [-0.39, 0.29) is 32.4 Å². The summed E-state index contributed by atoms with van der Waals surface area (Å²) in [6.07, 6.45) is 0.0399. The van der Waals surface area contributed by atoms with Gasteiger partial charge in [0.15, 0.2) is 0 Å². The topological polar surface area (TPSA) is 42.8 Å². The molecule has 0 unspecified atom stereocenters. The third-order valence-electron chi connectivity index (χ3n) is 12.8. The zero-order chi connectivity index (χ0) is 47.9. The number of hydrogen-bond acceptors (Lipinski definition) is 5. The second-order valence-corrected chi connectivity index (χ2v) is 18.8. The number of para-hydroxylation sites is 5. The van der Waals surface area contributed by atoms with Crippen LogP contribution in [0.2, 0.25) is 0 Å². The summed E-state index contributed by atoms with van der Waals surface area (Å²) in [5, 5.41) is 2.00. The molecular formula is C62H49N4O2Pt-3. The van der Waals surface area contributed by atoms with Crippen molar-refractivity contribution in [1.29, 1.82) is 0 Å². The SMILES string of the molecule is [2H]C([2H])(c1cc2ncc1-c1ccccc1Oc1cccc(c1)-c1cccc(-c3ccccc3)c1N1[CH-]N(c3[c-]c(cc(C(C)(C)C)c3)Oc3[c-]c4c(cc3)c3ccccc3n4-2)c2ccccc21)C(C)C.[Pt]. The van der Waals surface area contributed by atoms with Gasteiger partial charge in [-0.3, -0.25) is 0 Å². The average Bonchev–Trinajstić information content (AvgIpc) is 3.92. The van der Waals surface area contributed by atoms with Gasteiger partial charge >= 0.3 is 0 Å². The third-order valence-corrected chi connectivity index (χ3v) is 12.8. The normalized spacial score (nSPS) is 13.5. The first kappa shape index (κ1) is 41.8. The second kappa shape index (κ2) is 17.6. The van der Waals surface area contributed by atoms with Crippen molar-refractivity contribution in [3.8, 4) is 62.2 Å². The van der Waals surface area contributed by atoms with E-state index in [1.165, 1.54) is 0 Å². The van der Waals surface area contributed by atoms with Crippen LogP contribution in [0.1, 0.15) is 48.5 Å². The monoisotopic (exact) mass is 1080 g/mol. The van der Waals surface area contributed by atoms with Crippen molar-refractivity contribution < 1.29 is 33.3 Å². The predicted octanol–water partition coefficient (Wildman–Crippen LogP) is 16.6. The summed E-state index contributed by atoms with van der Waals surface area (Å²) >= 11 is 0. The quantitative estimate of drug-likeness (QED) is 0.165. The van der Waals surface area contributed by atoms with E-state index in [9.17, 15) is 2.74 Å². The summed E-state index contributed by atoms with van der Waals surface area (Å²) < 4.78 is 35.2. The van der Waals surface area contributed by atoms with Gasteiger partial charge in [-0.1, -0.05) is 149 Å². The Bertz CT molecular complexity index is 3670. The van der Waals surface area contributed by atoms with Gasteiger partial charge in [0.05, 0.1) is 0 Å². The molecule has 10 aromatic rings. The van der Waals surface area contributed by atoms with Crippen molar-refractivity contribution in [1.82, 2.24) is 9.55 Å². The molecule has 5 heterocycles. The minimum absolute atomic E-state index is 0. The van der Waals surface area contributed by atoms with Gasteiger partial charge in [0.2, 0.25) is 0 Å². The molecule has 3 aliphatic rings. The van der Waals surface area contributed by atoms with Crippen LogP contribution in [0.5, 0.6) is 23.0 Å². The van der Waals surface area contributed by atoms with Gasteiger partial charge in [-0.15, -0.1) is 53.6 Å². The summed E-state index contributed by atoms with van der Waals surface area (Å²) in [5.74, 6) is 2.50. The minimum atomic E-state index is -1.75. The molecule has 0 saturated carbocycles. The molecule has 0 saturated heterocycles. The van der Waals surface area contributed by atoms with Crippen LogP contribution in [0.15, 0.2) is 182 Å². The van der Waals surface area contributed by atoms with Gasteiger partial charge in [0, 0.05) is 86.3 Å². The number of ether oxygens (including phenoxy) is 2. The van der Waals surface area contributed by atoms with Crippen molar-refractivity contribution in [2.45, 2.75) is 46.4 Å². The molecule has 0 atom stereocenters. The standard InChI is InChI=1S/C62H49N4O2.Pt/c1-40(2)31-43-33-60-63-38-54(43)53-22-10-14-28-59(53)68-46-20-15-19-42(32-46)50-24-16-23-49(41-17-7-6-8-18-41)61(50)65-39-64(56-26-12-13-27-57(56)65)45-34-44(62(3,4)5)35-48(36-45)67-47-29-30-52-51-21-9-11-25-55(51)66(60)58(52)37-47;/h6-30,32-35,38-40H,31H2,1-5H3;/q-3;/i31D2;.